The molecule has 0 amide bonds. The van der Waals surface area contributed by atoms with E-state index in [4.69, 9.17) is 10.00 Å². The van der Waals surface area contributed by atoms with Crippen LogP contribution in [0.4, 0.5) is 5.69 Å². The Bertz CT molecular complexity index is 412. The smallest absolute Gasteiger partial charge is 0.0992 e. The average Bonchev–Trinajstić information content (AvgIpc) is 2.30. The topological polar surface area (TPSA) is 36.3 Å². The maximum absolute atomic E-state index is 8.84. The molecular formula is C13H17BrN2O. The third kappa shape index (κ3) is 3.72. The molecule has 0 bridgehead atoms. The van der Waals surface area contributed by atoms with E-state index in [9.17, 15) is 0 Å². The third-order valence-electron chi connectivity index (χ3n) is 2.55. The van der Waals surface area contributed by atoms with Gasteiger partial charge in [0.05, 0.1) is 23.9 Å². The highest BCUT2D eigenvalue weighted by molar-refractivity contribution is 9.10. The molecule has 0 saturated carbocycles. The van der Waals surface area contributed by atoms with Crippen LogP contribution < -0.4 is 4.90 Å². The van der Waals surface area contributed by atoms with Crippen molar-refractivity contribution in [2.45, 2.75) is 19.9 Å². The number of rotatable bonds is 5. The second-order valence-electron chi connectivity index (χ2n) is 4.06. The van der Waals surface area contributed by atoms with Gasteiger partial charge < -0.3 is 9.64 Å². The van der Waals surface area contributed by atoms with Gasteiger partial charge in [-0.1, -0.05) is 0 Å². The van der Waals surface area contributed by atoms with Crippen LogP contribution in [0.3, 0.4) is 0 Å². The molecule has 0 atom stereocenters. The number of hydrogen-bond acceptors (Lipinski definition) is 3. The normalized spacial score (nSPS) is 10.4. The quantitative estimate of drug-likeness (QED) is 0.837. The number of hydrogen-bond donors (Lipinski definition) is 0. The van der Waals surface area contributed by atoms with Crippen molar-refractivity contribution >= 4 is 21.6 Å². The Kier molecular flexibility index (Phi) is 5.46. The lowest BCUT2D eigenvalue weighted by Crippen LogP contribution is -2.34. The molecule has 0 aliphatic carbocycles. The standard InChI is InChI=1S/C13H17BrN2O/c1-10(2)16(6-7-17-3)13-5-4-11(9-15)8-12(13)14/h4-5,8,10H,6-7H2,1-3H3. The number of halogens is 1. The Balaban J connectivity index is 2.98. The van der Waals surface area contributed by atoms with Crippen LogP contribution in [0.25, 0.3) is 0 Å². The fraction of sp³-hybridized carbons (Fsp3) is 0.462. The van der Waals surface area contributed by atoms with Crippen LogP contribution in [-0.4, -0.2) is 26.3 Å². The van der Waals surface area contributed by atoms with E-state index in [1.807, 2.05) is 18.2 Å². The summed E-state index contributed by atoms with van der Waals surface area (Å²) in [5, 5.41) is 8.84. The lowest BCUT2D eigenvalue weighted by atomic mass is 10.2. The van der Waals surface area contributed by atoms with E-state index in [1.54, 1.807) is 7.11 Å². The fourth-order valence-corrected chi connectivity index (χ4v) is 2.26. The molecule has 1 aromatic rings. The van der Waals surface area contributed by atoms with E-state index in [2.05, 4.69) is 40.7 Å². The summed E-state index contributed by atoms with van der Waals surface area (Å²) < 4.78 is 6.07. The number of nitrogens with zero attached hydrogens (tertiary/aromatic N) is 2. The lowest BCUT2D eigenvalue weighted by molar-refractivity contribution is 0.204. The zero-order valence-electron chi connectivity index (χ0n) is 10.4. The maximum Gasteiger partial charge on any atom is 0.0992 e. The first-order chi connectivity index (χ1) is 8.10. The Morgan fingerprint density at radius 1 is 1.47 bits per heavy atom. The third-order valence-corrected chi connectivity index (χ3v) is 3.18. The van der Waals surface area contributed by atoms with E-state index in [1.165, 1.54) is 0 Å². The van der Waals surface area contributed by atoms with Crippen LogP contribution in [0.5, 0.6) is 0 Å². The van der Waals surface area contributed by atoms with Crippen molar-refractivity contribution in [2.75, 3.05) is 25.2 Å². The summed E-state index contributed by atoms with van der Waals surface area (Å²) in [5.41, 5.74) is 1.76. The summed E-state index contributed by atoms with van der Waals surface area (Å²) in [5.74, 6) is 0. The van der Waals surface area contributed by atoms with Gasteiger partial charge in [0.25, 0.3) is 0 Å². The summed E-state index contributed by atoms with van der Waals surface area (Å²) in [6.45, 7) is 5.80. The molecule has 17 heavy (non-hydrogen) atoms. The first kappa shape index (κ1) is 14.0. The summed E-state index contributed by atoms with van der Waals surface area (Å²) >= 11 is 3.52. The molecule has 0 saturated heterocycles. The van der Waals surface area contributed by atoms with E-state index in [-0.39, 0.29) is 0 Å². The van der Waals surface area contributed by atoms with Crippen LogP contribution in [0.2, 0.25) is 0 Å². The first-order valence-corrected chi connectivity index (χ1v) is 6.34. The molecule has 0 N–H and O–H groups in total. The minimum atomic E-state index is 0.384. The van der Waals surface area contributed by atoms with E-state index >= 15 is 0 Å². The molecule has 3 nitrogen and oxygen atoms in total. The van der Waals surface area contributed by atoms with Gasteiger partial charge in [0.2, 0.25) is 0 Å². The largest absolute Gasteiger partial charge is 0.383 e. The van der Waals surface area contributed by atoms with Gasteiger partial charge in [-0.05, 0) is 48.0 Å². The predicted octanol–water partition coefficient (Wildman–Crippen LogP) is 3.18. The van der Waals surface area contributed by atoms with Crippen molar-refractivity contribution in [3.8, 4) is 6.07 Å². The Hall–Kier alpha value is -1.05. The first-order valence-electron chi connectivity index (χ1n) is 5.55. The van der Waals surface area contributed by atoms with E-state index in [0.717, 1.165) is 16.7 Å². The van der Waals surface area contributed by atoms with Crippen molar-refractivity contribution in [3.05, 3.63) is 28.2 Å². The number of methoxy groups -OCH3 is 1. The molecule has 4 heteroatoms. The van der Waals surface area contributed by atoms with Crippen molar-refractivity contribution in [3.63, 3.8) is 0 Å². The zero-order chi connectivity index (χ0) is 12.8. The second kappa shape index (κ2) is 6.63. The molecular weight excluding hydrogens is 280 g/mol. The highest BCUT2D eigenvalue weighted by atomic mass is 79.9. The number of benzene rings is 1. The van der Waals surface area contributed by atoms with Crippen molar-refractivity contribution in [2.24, 2.45) is 0 Å². The minimum absolute atomic E-state index is 0.384. The number of anilines is 1. The van der Waals surface area contributed by atoms with Gasteiger partial charge in [0, 0.05) is 24.2 Å². The molecule has 92 valence electrons. The zero-order valence-corrected chi connectivity index (χ0v) is 12.0. The number of nitriles is 1. The fourth-order valence-electron chi connectivity index (χ4n) is 1.66. The van der Waals surface area contributed by atoms with Gasteiger partial charge in [-0.2, -0.15) is 5.26 Å². The summed E-state index contributed by atoms with van der Waals surface area (Å²) in [6.07, 6.45) is 0. The summed E-state index contributed by atoms with van der Waals surface area (Å²) in [7, 11) is 1.70. The number of ether oxygens (including phenoxy) is 1. The monoisotopic (exact) mass is 296 g/mol. The second-order valence-corrected chi connectivity index (χ2v) is 4.91. The van der Waals surface area contributed by atoms with E-state index in [0.29, 0.717) is 18.2 Å². The molecule has 1 rings (SSSR count). The van der Waals surface area contributed by atoms with Crippen LogP contribution in [0, 0.1) is 11.3 Å². The van der Waals surface area contributed by atoms with Gasteiger partial charge in [-0.25, -0.2) is 0 Å². The highest BCUT2D eigenvalue weighted by Crippen LogP contribution is 2.28. The van der Waals surface area contributed by atoms with Gasteiger partial charge in [-0.3, -0.25) is 0 Å². The van der Waals surface area contributed by atoms with E-state index < -0.39 is 0 Å². The molecule has 0 unspecified atom stereocenters. The van der Waals surface area contributed by atoms with Gasteiger partial charge in [0.15, 0.2) is 0 Å². The Morgan fingerprint density at radius 3 is 2.65 bits per heavy atom. The van der Waals surface area contributed by atoms with Gasteiger partial charge in [0.1, 0.15) is 0 Å². The van der Waals surface area contributed by atoms with Crippen LogP contribution in [-0.2, 0) is 4.74 Å². The van der Waals surface area contributed by atoms with Gasteiger partial charge >= 0.3 is 0 Å². The van der Waals surface area contributed by atoms with Gasteiger partial charge in [-0.15, -0.1) is 0 Å². The average molecular weight is 297 g/mol. The Morgan fingerprint density at radius 2 is 2.18 bits per heavy atom. The van der Waals surface area contributed by atoms with Crippen molar-refractivity contribution < 1.29 is 4.74 Å². The summed E-state index contributed by atoms with van der Waals surface area (Å²) in [6, 6.07) is 8.17. The molecule has 1 aromatic carbocycles. The molecule has 0 aliphatic rings. The SMILES string of the molecule is COCCN(c1ccc(C#N)cc1Br)C(C)C. The Labute approximate surface area is 111 Å². The van der Waals surface area contributed by atoms with Crippen molar-refractivity contribution in [1.82, 2.24) is 0 Å². The molecule has 0 aliphatic heterocycles. The van der Waals surface area contributed by atoms with Crippen molar-refractivity contribution in [1.29, 1.82) is 5.26 Å². The minimum Gasteiger partial charge on any atom is -0.383 e. The molecule has 0 radical (unpaired) electrons. The summed E-state index contributed by atoms with van der Waals surface area (Å²) in [4.78, 5) is 2.24. The predicted molar refractivity (Wildman–Crippen MR) is 73.2 cm³/mol. The molecule has 0 heterocycles. The van der Waals surface area contributed by atoms with Crippen LogP contribution in [0.1, 0.15) is 19.4 Å². The van der Waals surface area contributed by atoms with Crippen LogP contribution >= 0.6 is 15.9 Å². The maximum atomic E-state index is 8.84. The highest BCUT2D eigenvalue weighted by Gasteiger charge is 2.13. The molecule has 0 spiro atoms. The molecule has 0 aromatic heterocycles. The lowest BCUT2D eigenvalue weighted by Gasteiger charge is -2.29. The van der Waals surface area contributed by atoms with Crippen LogP contribution in [0.15, 0.2) is 22.7 Å². The molecule has 0 fully saturated rings.